The minimum Gasteiger partial charge on any atom is -0.490 e. The van der Waals surface area contributed by atoms with Gasteiger partial charge < -0.3 is 24.6 Å². The van der Waals surface area contributed by atoms with Crippen LogP contribution >= 0.6 is 23.4 Å². The lowest BCUT2D eigenvalue weighted by Gasteiger charge is -2.13. The Morgan fingerprint density at radius 3 is 2.55 bits per heavy atom. The number of imide groups is 1. The lowest BCUT2D eigenvalue weighted by atomic mass is 10.2. The molecule has 0 bridgehead atoms. The van der Waals surface area contributed by atoms with Gasteiger partial charge in [0.1, 0.15) is 6.54 Å². The first-order valence-corrected chi connectivity index (χ1v) is 13.5. The molecule has 1 heterocycles. The van der Waals surface area contributed by atoms with Crippen molar-refractivity contribution in [3.8, 4) is 11.5 Å². The van der Waals surface area contributed by atoms with Crippen molar-refractivity contribution >= 4 is 64.1 Å². The predicted molar refractivity (Wildman–Crippen MR) is 149 cm³/mol. The lowest BCUT2D eigenvalue weighted by molar-refractivity contribution is -0.139. The number of nitrogens with zero attached hydrogens (tertiary/aromatic N) is 1. The average Bonchev–Trinajstić information content (AvgIpc) is 3.16. The smallest absolute Gasteiger partial charge is 0.341 e. The summed E-state index contributed by atoms with van der Waals surface area (Å²) < 4.78 is 15.9. The van der Waals surface area contributed by atoms with Crippen molar-refractivity contribution < 1.29 is 43.3 Å². The molecule has 11 nitrogen and oxygen atoms in total. The minimum atomic E-state index is -1.15. The molecule has 0 spiro atoms. The van der Waals surface area contributed by atoms with Gasteiger partial charge in [-0.15, -0.1) is 0 Å². The van der Waals surface area contributed by atoms with E-state index in [9.17, 15) is 24.0 Å². The standard InChI is InChI=1S/C27H27ClN2O9S/c1-3-5-10-38-26(35)18-13-17(7-8-19(18)28)29-23(31)14-30-25(34)22(40-27(30)36)12-16-6-9-20(39-15-24(32)33)21(11-16)37-4-2/h6-9,11-13H,3-5,10,14-15H2,1-2H3,(H,29,31)(H,32,33)/b22-12+. The predicted octanol–water partition coefficient (Wildman–Crippen LogP) is 4.83. The monoisotopic (exact) mass is 590 g/mol. The van der Waals surface area contributed by atoms with Gasteiger partial charge in [0.2, 0.25) is 5.91 Å². The molecule has 1 aliphatic rings. The van der Waals surface area contributed by atoms with Gasteiger partial charge in [0.05, 0.1) is 28.7 Å². The van der Waals surface area contributed by atoms with Gasteiger partial charge >= 0.3 is 11.9 Å². The fraction of sp³-hybridized carbons (Fsp3) is 0.296. The Labute approximate surface area is 239 Å². The third kappa shape index (κ3) is 8.23. The van der Waals surface area contributed by atoms with Crippen molar-refractivity contribution in [3.63, 3.8) is 0 Å². The van der Waals surface area contributed by atoms with Crippen LogP contribution < -0.4 is 14.8 Å². The Kier molecular flexibility index (Phi) is 11.0. The molecule has 1 saturated heterocycles. The SMILES string of the molecule is CCCCOC(=O)c1cc(NC(=O)CN2C(=O)S/C(=C/c3ccc(OCC(=O)O)c(OCC)c3)C2=O)ccc1Cl. The number of rotatable bonds is 13. The van der Waals surface area contributed by atoms with Gasteiger partial charge in [0.15, 0.2) is 18.1 Å². The number of amides is 3. The van der Waals surface area contributed by atoms with Crippen molar-refractivity contribution in [2.45, 2.75) is 26.7 Å². The zero-order valence-corrected chi connectivity index (χ0v) is 23.3. The summed E-state index contributed by atoms with van der Waals surface area (Å²) in [5.74, 6) is -2.61. The second-order valence-electron chi connectivity index (χ2n) is 8.32. The summed E-state index contributed by atoms with van der Waals surface area (Å²) in [6, 6.07) is 8.90. The highest BCUT2D eigenvalue weighted by atomic mass is 35.5. The summed E-state index contributed by atoms with van der Waals surface area (Å²) >= 11 is 6.77. The molecule has 0 unspecified atom stereocenters. The minimum absolute atomic E-state index is 0.0791. The fourth-order valence-electron chi connectivity index (χ4n) is 3.42. The van der Waals surface area contributed by atoms with Crippen molar-refractivity contribution in [1.82, 2.24) is 4.90 Å². The Balaban J connectivity index is 1.68. The van der Waals surface area contributed by atoms with Crippen LogP contribution in [-0.4, -0.2) is 65.4 Å². The molecule has 40 heavy (non-hydrogen) atoms. The summed E-state index contributed by atoms with van der Waals surface area (Å²) in [7, 11) is 0. The second kappa shape index (κ2) is 14.4. The van der Waals surface area contributed by atoms with Gasteiger partial charge in [-0.1, -0.05) is 31.0 Å². The number of unbranched alkanes of at least 4 members (excludes halogenated alkanes) is 1. The van der Waals surface area contributed by atoms with Crippen molar-refractivity contribution in [2.75, 3.05) is 31.7 Å². The number of thioether (sulfide) groups is 1. The van der Waals surface area contributed by atoms with Gasteiger partial charge in [-0.2, -0.15) is 0 Å². The summed E-state index contributed by atoms with van der Waals surface area (Å²) in [6.07, 6.45) is 3.01. The highest BCUT2D eigenvalue weighted by Gasteiger charge is 2.36. The number of halogens is 1. The molecule has 3 rings (SSSR count). The average molecular weight is 591 g/mol. The lowest BCUT2D eigenvalue weighted by Crippen LogP contribution is -2.36. The van der Waals surface area contributed by atoms with E-state index >= 15 is 0 Å². The highest BCUT2D eigenvalue weighted by molar-refractivity contribution is 8.18. The van der Waals surface area contributed by atoms with Crippen LogP contribution in [0, 0.1) is 0 Å². The highest BCUT2D eigenvalue weighted by Crippen LogP contribution is 2.34. The third-order valence-electron chi connectivity index (χ3n) is 5.29. The fourth-order valence-corrected chi connectivity index (χ4v) is 4.45. The first-order chi connectivity index (χ1) is 19.1. The first kappa shape index (κ1) is 30.5. The number of hydrogen-bond donors (Lipinski definition) is 2. The Hall–Kier alpha value is -4.03. The molecule has 0 saturated carbocycles. The second-order valence-corrected chi connectivity index (χ2v) is 9.72. The topological polar surface area (TPSA) is 149 Å². The van der Waals surface area contributed by atoms with E-state index in [1.165, 1.54) is 30.3 Å². The molecule has 0 aromatic heterocycles. The van der Waals surface area contributed by atoms with Gasteiger partial charge in [-0.3, -0.25) is 19.3 Å². The van der Waals surface area contributed by atoms with Crippen LogP contribution in [0.1, 0.15) is 42.6 Å². The maximum atomic E-state index is 12.9. The number of hydrogen-bond acceptors (Lipinski definition) is 9. The molecule has 0 aliphatic carbocycles. The van der Waals surface area contributed by atoms with E-state index < -0.39 is 42.1 Å². The number of aliphatic carboxylic acids is 1. The summed E-state index contributed by atoms with van der Waals surface area (Å²) in [5, 5.41) is 10.9. The van der Waals surface area contributed by atoms with Crippen LogP contribution in [0.4, 0.5) is 10.5 Å². The van der Waals surface area contributed by atoms with E-state index in [0.717, 1.165) is 11.3 Å². The number of anilines is 1. The largest absolute Gasteiger partial charge is 0.490 e. The number of benzene rings is 2. The van der Waals surface area contributed by atoms with Crippen LogP contribution in [0.25, 0.3) is 6.08 Å². The van der Waals surface area contributed by atoms with Gasteiger partial charge in [-0.25, -0.2) is 9.59 Å². The number of carboxylic acid groups (broad SMARTS) is 1. The molecule has 2 aromatic carbocycles. The number of carbonyl (C=O) groups excluding carboxylic acids is 4. The number of nitrogens with one attached hydrogen (secondary N) is 1. The number of ether oxygens (including phenoxy) is 3. The summed E-state index contributed by atoms with van der Waals surface area (Å²) in [5.41, 5.74) is 0.823. The van der Waals surface area contributed by atoms with Crippen LogP contribution in [0.3, 0.4) is 0 Å². The first-order valence-electron chi connectivity index (χ1n) is 12.3. The molecule has 0 atom stereocenters. The van der Waals surface area contributed by atoms with Crippen LogP contribution in [0.2, 0.25) is 5.02 Å². The summed E-state index contributed by atoms with van der Waals surface area (Å²) in [4.78, 5) is 62.1. The molecule has 1 aliphatic heterocycles. The number of carbonyl (C=O) groups is 5. The van der Waals surface area contributed by atoms with E-state index in [4.69, 9.17) is 30.9 Å². The zero-order valence-electron chi connectivity index (χ0n) is 21.7. The quantitative estimate of drug-likeness (QED) is 0.189. The maximum Gasteiger partial charge on any atom is 0.341 e. The number of esters is 1. The van der Waals surface area contributed by atoms with Crippen LogP contribution in [-0.2, 0) is 19.1 Å². The molecular formula is C27H27ClN2O9S. The van der Waals surface area contributed by atoms with Gasteiger partial charge in [0.25, 0.3) is 11.1 Å². The maximum absolute atomic E-state index is 12.9. The van der Waals surface area contributed by atoms with E-state index in [0.29, 0.717) is 23.7 Å². The van der Waals surface area contributed by atoms with Crippen molar-refractivity contribution in [2.24, 2.45) is 0 Å². The van der Waals surface area contributed by atoms with E-state index in [-0.39, 0.29) is 45.9 Å². The molecular weight excluding hydrogens is 564 g/mol. The van der Waals surface area contributed by atoms with E-state index in [2.05, 4.69) is 5.32 Å². The zero-order chi connectivity index (χ0) is 29.2. The van der Waals surface area contributed by atoms with Gasteiger partial charge in [0, 0.05) is 5.69 Å². The van der Waals surface area contributed by atoms with Crippen LogP contribution in [0.15, 0.2) is 41.3 Å². The third-order valence-corrected chi connectivity index (χ3v) is 6.53. The summed E-state index contributed by atoms with van der Waals surface area (Å²) in [6.45, 7) is 3.13. The Bertz CT molecular complexity index is 1350. The Morgan fingerprint density at radius 1 is 1.07 bits per heavy atom. The molecule has 13 heteroatoms. The molecule has 2 N–H and O–H groups in total. The molecule has 2 aromatic rings. The molecule has 3 amide bonds. The van der Waals surface area contributed by atoms with Crippen LogP contribution in [0.5, 0.6) is 11.5 Å². The number of carboxylic acids is 1. The van der Waals surface area contributed by atoms with E-state index in [1.54, 1.807) is 19.1 Å². The van der Waals surface area contributed by atoms with Crippen molar-refractivity contribution in [1.29, 1.82) is 0 Å². The van der Waals surface area contributed by atoms with E-state index in [1.807, 2.05) is 6.92 Å². The van der Waals surface area contributed by atoms with Gasteiger partial charge in [-0.05, 0) is 67.1 Å². The molecule has 1 fully saturated rings. The normalized spacial score (nSPS) is 13.9. The molecule has 0 radical (unpaired) electrons. The molecule has 212 valence electrons. The van der Waals surface area contributed by atoms with Crippen molar-refractivity contribution in [3.05, 3.63) is 57.5 Å². The Morgan fingerprint density at radius 2 is 1.85 bits per heavy atom.